The highest BCUT2D eigenvalue weighted by Crippen LogP contribution is 2.38. The van der Waals surface area contributed by atoms with Gasteiger partial charge in [-0.3, -0.25) is 4.79 Å². The summed E-state index contributed by atoms with van der Waals surface area (Å²) in [4.78, 5) is 12.0. The Kier molecular flexibility index (Phi) is 6.21. The molecule has 24 heavy (non-hydrogen) atoms. The molecule has 132 valence electrons. The van der Waals surface area contributed by atoms with Crippen molar-refractivity contribution in [3.05, 3.63) is 22.7 Å². The quantitative estimate of drug-likeness (QED) is 0.730. The normalized spacial score (nSPS) is 16.5. The summed E-state index contributed by atoms with van der Waals surface area (Å²) >= 11 is 6.24. The first-order valence-corrected chi connectivity index (χ1v) is 9.02. The van der Waals surface area contributed by atoms with Crippen LogP contribution in [0.4, 0.5) is 0 Å². The number of carbonyl (C=O) groups excluding carboxylic acids is 1. The Morgan fingerprint density at radius 3 is 2.96 bits per heavy atom. The average molecular weight is 354 g/mol. The van der Waals surface area contributed by atoms with Crippen LogP contribution in [0.5, 0.6) is 11.5 Å². The van der Waals surface area contributed by atoms with Crippen molar-refractivity contribution in [2.75, 3.05) is 33.0 Å². The molecule has 0 radical (unpaired) electrons. The fourth-order valence-electron chi connectivity index (χ4n) is 2.57. The van der Waals surface area contributed by atoms with Gasteiger partial charge in [0.15, 0.2) is 11.5 Å². The molecule has 1 aromatic carbocycles. The molecule has 3 rings (SSSR count). The van der Waals surface area contributed by atoms with Crippen LogP contribution in [-0.4, -0.2) is 38.9 Å². The zero-order chi connectivity index (χ0) is 16.8. The Bertz CT molecular complexity index is 574. The fourth-order valence-corrected chi connectivity index (χ4v) is 2.86. The van der Waals surface area contributed by atoms with E-state index in [4.69, 9.17) is 25.8 Å². The van der Waals surface area contributed by atoms with E-state index < -0.39 is 0 Å². The minimum absolute atomic E-state index is 0.0252. The molecule has 1 amide bonds. The lowest BCUT2D eigenvalue weighted by Crippen LogP contribution is -2.26. The standard InChI is InChI=1S/C18H24ClNO4/c19-15-9-14(10-16-18(15)24-8-2-7-23-16)11-17(21)20-5-1-6-22-12-13-3-4-13/h9-10,13H,1-8,11-12H2,(H,20,21). The van der Waals surface area contributed by atoms with Crippen LogP contribution in [0, 0.1) is 5.92 Å². The molecule has 0 saturated heterocycles. The van der Waals surface area contributed by atoms with Gasteiger partial charge in [-0.05, 0) is 42.9 Å². The van der Waals surface area contributed by atoms with Gasteiger partial charge in [0, 0.05) is 26.2 Å². The van der Waals surface area contributed by atoms with Crippen LogP contribution in [-0.2, 0) is 16.0 Å². The first-order valence-electron chi connectivity index (χ1n) is 8.65. The van der Waals surface area contributed by atoms with E-state index in [1.807, 2.05) is 6.07 Å². The Balaban J connectivity index is 1.42. The van der Waals surface area contributed by atoms with Crippen molar-refractivity contribution in [3.8, 4) is 11.5 Å². The molecular formula is C18H24ClNO4. The van der Waals surface area contributed by atoms with Gasteiger partial charge in [0.2, 0.25) is 5.91 Å². The highest BCUT2D eigenvalue weighted by Gasteiger charge is 2.21. The molecular weight excluding hydrogens is 330 g/mol. The second kappa shape index (κ2) is 8.58. The summed E-state index contributed by atoms with van der Waals surface area (Å²) in [5.74, 6) is 1.95. The molecule has 0 atom stereocenters. The molecule has 2 aliphatic rings. The lowest BCUT2D eigenvalue weighted by molar-refractivity contribution is -0.120. The highest BCUT2D eigenvalue weighted by molar-refractivity contribution is 6.32. The summed E-state index contributed by atoms with van der Waals surface area (Å²) in [6.45, 7) is 3.38. The van der Waals surface area contributed by atoms with Gasteiger partial charge >= 0.3 is 0 Å². The predicted octanol–water partition coefficient (Wildman–Crippen LogP) is 2.98. The summed E-state index contributed by atoms with van der Waals surface area (Å²) in [6.07, 6.45) is 4.53. The maximum atomic E-state index is 12.0. The number of carbonyl (C=O) groups is 1. The minimum Gasteiger partial charge on any atom is -0.489 e. The van der Waals surface area contributed by atoms with E-state index in [1.165, 1.54) is 12.8 Å². The van der Waals surface area contributed by atoms with Crippen molar-refractivity contribution in [2.24, 2.45) is 5.92 Å². The molecule has 0 aromatic heterocycles. The average Bonchev–Trinajstić information content (AvgIpc) is 3.37. The molecule has 0 bridgehead atoms. The van der Waals surface area contributed by atoms with Crippen molar-refractivity contribution >= 4 is 17.5 Å². The Morgan fingerprint density at radius 2 is 2.12 bits per heavy atom. The third-order valence-electron chi connectivity index (χ3n) is 4.06. The van der Waals surface area contributed by atoms with E-state index in [0.717, 1.165) is 30.9 Å². The van der Waals surface area contributed by atoms with Crippen LogP contribution < -0.4 is 14.8 Å². The SMILES string of the molecule is O=C(Cc1cc(Cl)c2c(c1)OCCCO2)NCCCOCC1CC1. The van der Waals surface area contributed by atoms with Crippen molar-refractivity contribution < 1.29 is 19.0 Å². The van der Waals surface area contributed by atoms with Gasteiger partial charge < -0.3 is 19.5 Å². The lowest BCUT2D eigenvalue weighted by atomic mass is 10.1. The van der Waals surface area contributed by atoms with E-state index in [1.54, 1.807) is 6.07 Å². The van der Waals surface area contributed by atoms with Crippen LogP contribution in [0.2, 0.25) is 5.02 Å². The molecule has 5 nitrogen and oxygen atoms in total. The Hall–Kier alpha value is -1.46. The van der Waals surface area contributed by atoms with Crippen LogP contribution in [0.15, 0.2) is 12.1 Å². The molecule has 6 heteroatoms. The summed E-state index contributed by atoms with van der Waals surface area (Å²) in [5.41, 5.74) is 0.826. The molecule has 1 N–H and O–H groups in total. The lowest BCUT2D eigenvalue weighted by Gasteiger charge is -2.12. The van der Waals surface area contributed by atoms with Crippen LogP contribution in [0.25, 0.3) is 0 Å². The number of rotatable bonds is 8. The number of fused-ring (bicyclic) bond motifs is 1. The topological polar surface area (TPSA) is 56.8 Å². The van der Waals surface area contributed by atoms with Gasteiger partial charge in [-0.25, -0.2) is 0 Å². The molecule has 0 unspecified atom stereocenters. The third-order valence-corrected chi connectivity index (χ3v) is 4.35. The molecule has 1 aromatic rings. The van der Waals surface area contributed by atoms with Crippen molar-refractivity contribution in [2.45, 2.75) is 32.1 Å². The van der Waals surface area contributed by atoms with Crippen LogP contribution >= 0.6 is 11.6 Å². The second-order valence-electron chi connectivity index (χ2n) is 6.35. The number of amides is 1. The van der Waals surface area contributed by atoms with E-state index in [2.05, 4.69) is 5.32 Å². The molecule has 1 saturated carbocycles. The number of hydrogen-bond acceptors (Lipinski definition) is 4. The summed E-state index contributed by atoms with van der Waals surface area (Å²) < 4.78 is 16.8. The fraction of sp³-hybridized carbons (Fsp3) is 0.611. The zero-order valence-corrected chi connectivity index (χ0v) is 14.6. The van der Waals surface area contributed by atoms with Gasteiger partial charge in [-0.1, -0.05) is 11.6 Å². The monoisotopic (exact) mass is 353 g/mol. The van der Waals surface area contributed by atoms with E-state index in [9.17, 15) is 4.79 Å². The van der Waals surface area contributed by atoms with Crippen molar-refractivity contribution in [1.82, 2.24) is 5.32 Å². The largest absolute Gasteiger partial charge is 0.489 e. The predicted molar refractivity (Wildman–Crippen MR) is 91.9 cm³/mol. The van der Waals surface area contributed by atoms with Gasteiger partial charge in [0.1, 0.15) is 0 Å². The summed E-state index contributed by atoms with van der Waals surface area (Å²) in [5, 5.41) is 3.40. The number of benzene rings is 1. The van der Waals surface area contributed by atoms with Crippen LogP contribution in [0.1, 0.15) is 31.2 Å². The molecule has 1 aliphatic heterocycles. The maximum absolute atomic E-state index is 12.0. The number of ether oxygens (including phenoxy) is 3. The second-order valence-corrected chi connectivity index (χ2v) is 6.76. The van der Waals surface area contributed by atoms with Gasteiger partial charge in [0.25, 0.3) is 0 Å². The maximum Gasteiger partial charge on any atom is 0.224 e. The van der Waals surface area contributed by atoms with E-state index >= 15 is 0 Å². The smallest absolute Gasteiger partial charge is 0.224 e. The van der Waals surface area contributed by atoms with Crippen molar-refractivity contribution in [1.29, 1.82) is 0 Å². The highest BCUT2D eigenvalue weighted by atomic mass is 35.5. The van der Waals surface area contributed by atoms with E-state index in [0.29, 0.717) is 42.9 Å². The Morgan fingerprint density at radius 1 is 1.29 bits per heavy atom. The molecule has 1 heterocycles. The zero-order valence-electron chi connectivity index (χ0n) is 13.8. The first-order chi connectivity index (χ1) is 11.7. The number of halogens is 1. The molecule has 1 fully saturated rings. The van der Waals surface area contributed by atoms with E-state index in [-0.39, 0.29) is 12.3 Å². The summed E-state index contributed by atoms with van der Waals surface area (Å²) in [6, 6.07) is 3.61. The van der Waals surface area contributed by atoms with Gasteiger partial charge in [-0.2, -0.15) is 0 Å². The van der Waals surface area contributed by atoms with Gasteiger partial charge in [-0.15, -0.1) is 0 Å². The Labute approximate surface area is 147 Å². The molecule has 0 spiro atoms. The number of nitrogens with one attached hydrogen (secondary N) is 1. The molecule has 1 aliphatic carbocycles. The minimum atomic E-state index is -0.0252. The summed E-state index contributed by atoms with van der Waals surface area (Å²) in [7, 11) is 0. The first kappa shape index (κ1) is 17.4. The number of hydrogen-bond donors (Lipinski definition) is 1. The van der Waals surface area contributed by atoms with Crippen molar-refractivity contribution in [3.63, 3.8) is 0 Å². The van der Waals surface area contributed by atoms with Gasteiger partial charge in [0.05, 0.1) is 24.7 Å². The third kappa shape index (κ3) is 5.28. The van der Waals surface area contributed by atoms with Crippen LogP contribution in [0.3, 0.4) is 0 Å².